The van der Waals surface area contributed by atoms with Crippen molar-refractivity contribution in [2.24, 2.45) is 0 Å². The molecule has 3 nitrogen and oxygen atoms in total. The van der Waals surface area contributed by atoms with Crippen LogP contribution in [0.3, 0.4) is 0 Å². The highest BCUT2D eigenvalue weighted by atomic mass is 79.9. The first-order chi connectivity index (χ1) is 8.10. The molecule has 0 unspecified atom stereocenters. The summed E-state index contributed by atoms with van der Waals surface area (Å²) in [5.74, 6) is 0. The summed E-state index contributed by atoms with van der Waals surface area (Å²) in [6, 6.07) is 6.01. The molecule has 1 aromatic rings. The van der Waals surface area contributed by atoms with Crippen LogP contribution in [-0.4, -0.2) is 32.6 Å². The second-order valence-electron chi connectivity index (χ2n) is 4.11. The standard InChI is InChI=1S/C13H18BrNO2/c1-10(2)15(6-7-17-3)13-5-4-11(9-16)8-12(13)14/h4-5,8-10H,6-7H2,1-3H3. The van der Waals surface area contributed by atoms with Gasteiger partial charge in [-0.25, -0.2) is 0 Å². The second kappa shape index (κ2) is 6.77. The molecule has 0 radical (unpaired) electrons. The van der Waals surface area contributed by atoms with Crippen LogP contribution < -0.4 is 4.90 Å². The Morgan fingerprint density at radius 2 is 2.18 bits per heavy atom. The van der Waals surface area contributed by atoms with E-state index < -0.39 is 0 Å². The SMILES string of the molecule is COCCN(c1ccc(C=O)cc1Br)C(C)C. The van der Waals surface area contributed by atoms with E-state index in [4.69, 9.17) is 4.74 Å². The number of hydrogen-bond acceptors (Lipinski definition) is 3. The maximum atomic E-state index is 10.7. The summed E-state index contributed by atoms with van der Waals surface area (Å²) in [5.41, 5.74) is 1.76. The minimum absolute atomic E-state index is 0.378. The number of carbonyl (C=O) groups is 1. The first-order valence-corrected chi connectivity index (χ1v) is 6.39. The zero-order chi connectivity index (χ0) is 12.8. The summed E-state index contributed by atoms with van der Waals surface area (Å²) in [4.78, 5) is 12.9. The maximum absolute atomic E-state index is 10.7. The van der Waals surface area contributed by atoms with Crippen LogP contribution in [0.4, 0.5) is 5.69 Å². The molecular weight excluding hydrogens is 282 g/mol. The molecule has 0 spiro atoms. The normalized spacial score (nSPS) is 10.6. The molecule has 0 saturated heterocycles. The van der Waals surface area contributed by atoms with Crippen LogP contribution in [0.15, 0.2) is 22.7 Å². The Hall–Kier alpha value is -0.870. The minimum Gasteiger partial charge on any atom is -0.383 e. The molecule has 0 N–H and O–H groups in total. The zero-order valence-corrected chi connectivity index (χ0v) is 12.0. The average molecular weight is 300 g/mol. The predicted molar refractivity (Wildman–Crippen MR) is 73.9 cm³/mol. The molecule has 17 heavy (non-hydrogen) atoms. The lowest BCUT2D eigenvalue weighted by atomic mass is 10.2. The minimum atomic E-state index is 0.378. The molecule has 1 rings (SSSR count). The lowest BCUT2D eigenvalue weighted by Gasteiger charge is -2.29. The molecule has 0 aliphatic heterocycles. The third kappa shape index (κ3) is 3.82. The molecule has 0 aliphatic carbocycles. The molecule has 0 fully saturated rings. The smallest absolute Gasteiger partial charge is 0.150 e. The van der Waals surface area contributed by atoms with Crippen molar-refractivity contribution in [1.29, 1.82) is 0 Å². The maximum Gasteiger partial charge on any atom is 0.150 e. The Kier molecular flexibility index (Phi) is 5.65. The fourth-order valence-electron chi connectivity index (χ4n) is 1.68. The number of methoxy groups -OCH3 is 1. The van der Waals surface area contributed by atoms with Gasteiger partial charge in [-0.15, -0.1) is 0 Å². The molecule has 0 atom stereocenters. The van der Waals surface area contributed by atoms with Gasteiger partial charge in [0.05, 0.1) is 12.3 Å². The Morgan fingerprint density at radius 3 is 2.65 bits per heavy atom. The molecule has 4 heteroatoms. The monoisotopic (exact) mass is 299 g/mol. The molecule has 0 bridgehead atoms. The van der Waals surface area contributed by atoms with Crippen molar-refractivity contribution in [3.63, 3.8) is 0 Å². The summed E-state index contributed by atoms with van der Waals surface area (Å²) in [7, 11) is 1.70. The topological polar surface area (TPSA) is 29.5 Å². The molecule has 1 aromatic carbocycles. The van der Waals surface area contributed by atoms with Gasteiger partial charge in [-0.05, 0) is 48.0 Å². The Labute approximate surface area is 111 Å². The number of anilines is 1. The zero-order valence-electron chi connectivity index (χ0n) is 10.4. The van der Waals surface area contributed by atoms with E-state index in [0.717, 1.165) is 23.0 Å². The van der Waals surface area contributed by atoms with Gasteiger partial charge in [0.2, 0.25) is 0 Å². The highest BCUT2D eigenvalue weighted by Gasteiger charge is 2.13. The van der Waals surface area contributed by atoms with Gasteiger partial charge in [-0.3, -0.25) is 4.79 Å². The van der Waals surface area contributed by atoms with Crippen molar-refractivity contribution in [3.05, 3.63) is 28.2 Å². The van der Waals surface area contributed by atoms with E-state index in [1.807, 2.05) is 18.2 Å². The van der Waals surface area contributed by atoms with E-state index in [0.29, 0.717) is 18.2 Å². The van der Waals surface area contributed by atoms with Crippen LogP contribution in [0.2, 0.25) is 0 Å². The van der Waals surface area contributed by atoms with Crippen LogP contribution in [0.5, 0.6) is 0 Å². The van der Waals surface area contributed by atoms with Gasteiger partial charge < -0.3 is 9.64 Å². The quantitative estimate of drug-likeness (QED) is 0.756. The molecule has 0 aliphatic rings. The Morgan fingerprint density at radius 1 is 1.47 bits per heavy atom. The molecule has 0 heterocycles. The Balaban J connectivity index is 2.97. The average Bonchev–Trinajstić information content (AvgIpc) is 2.30. The van der Waals surface area contributed by atoms with Crippen LogP contribution in [0, 0.1) is 0 Å². The Bertz CT molecular complexity index is 380. The second-order valence-corrected chi connectivity index (χ2v) is 4.96. The van der Waals surface area contributed by atoms with Gasteiger partial charge in [-0.1, -0.05) is 0 Å². The van der Waals surface area contributed by atoms with E-state index in [2.05, 4.69) is 34.7 Å². The number of ether oxygens (including phenoxy) is 1. The fourth-order valence-corrected chi connectivity index (χ4v) is 2.30. The number of carbonyl (C=O) groups excluding carboxylic acids is 1. The van der Waals surface area contributed by atoms with Crippen LogP contribution in [0.25, 0.3) is 0 Å². The third-order valence-electron chi connectivity index (χ3n) is 2.58. The third-order valence-corrected chi connectivity index (χ3v) is 3.21. The molecule has 94 valence electrons. The van der Waals surface area contributed by atoms with Crippen molar-refractivity contribution >= 4 is 27.9 Å². The highest BCUT2D eigenvalue weighted by Crippen LogP contribution is 2.28. The molecule has 0 saturated carbocycles. The molecule has 0 aromatic heterocycles. The van der Waals surface area contributed by atoms with Gasteiger partial charge in [0.1, 0.15) is 6.29 Å². The molecular formula is C13H18BrNO2. The summed E-state index contributed by atoms with van der Waals surface area (Å²) in [5, 5.41) is 0. The lowest BCUT2D eigenvalue weighted by molar-refractivity contribution is 0.112. The van der Waals surface area contributed by atoms with Crippen LogP contribution in [0.1, 0.15) is 24.2 Å². The van der Waals surface area contributed by atoms with Crippen molar-refractivity contribution in [2.75, 3.05) is 25.2 Å². The predicted octanol–water partition coefficient (Wildman–Crippen LogP) is 3.12. The fraction of sp³-hybridized carbons (Fsp3) is 0.462. The van der Waals surface area contributed by atoms with E-state index >= 15 is 0 Å². The van der Waals surface area contributed by atoms with E-state index in [1.54, 1.807) is 7.11 Å². The van der Waals surface area contributed by atoms with Crippen LogP contribution >= 0.6 is 15.9 Å². The van der Waals surface area contributed by atoms with E-state index in [1.165, 1.54) is 0 Å². The van der Waals surface area contributed by atoms with Gasteiger partial charge in [0, 0.05) is 29.7 Å². The lowest BCUT2D eigenvalue weighted by Crippen LogP contribution is -2.34. The highest BCUT2D eigenvalue weighted by molar-refractivity contribution is 9.10. The largest absolute Gasteiger partial charge is 0.383 e. The van der Waals surface area contributed by atoms with Crippen LogP contribution in [-0.2, 0) is 4.74 Å². The van der Waals surface area contributed by atoms with Crippen molar-refractivity contribution in [1.82, 2.24) is 0 Å². The summed E-state index contributed by atoms with van der Waals surface area (Å²) in [6.07, 6.45) is 0.851. The number of hydrogen-bond donors (Lipinski definition) is 0. The van der Waals surface area contributed by atoms with E-state index in [-0.39, 0.29) is 0 Å². The number of nitrogens with zero attached hydrogens (tertiary/aromatic N) is 1. The van der Waals surface area contributed by atoms with Crippen molar-refractivity contribution in [3.8, 4) is 0 Å². The molecule has 0 amide bonds. The number of halogens is 1. The number of benzene rings is 1. The summed E-state index contributed by atoms with van der Waals surface area (Å²) in [6.45, 7) is 5.78. The van der Waals surface area contributed by atoms with Gasteiger partial charge in [0.25, 0.3) is 0 Å². The number of rotatable bonds is 6. The van der Waals surface area contributed by atoms with Crippen molar-refractivity contribution in [2.45, 2.75) is 19.9 Å². The van der Waals surface area contributed by atoms with E-state index in [9.17, 15) is 4.79 Å². The van der Waals surface area contributed by atoms with Crippen molar-refractivity contribution < 1.29 is 9.53 Å². The van der Waals surface area contributed by atoms with Gasteiger partial charge in [0.15, 0.2) is 0 Å². The summed E-state index contributed by atoms with van der Waals surface area (Å²) < 4.78 is 6.05. The first-order valence-electron chi connectivity index (χ1n) is 5.60. The summed E-state index contributed by atoms with van der Waals surface area (Å²) >= 11 is 3.51. The van der Waals surface area contributed by atoms with Gasteiger partial charge >= 0.3 is 0 Å². The van der Waals surface area contributed by atoms with Gasteiger partial charge in [-0.2, -0.15) is 0 Å². The first kappa shape index (κ1) is 14.2. The number of aldehydes is 1.